The molecule has 2 aromatic carbocycles. The van der Waals surface area contributed by atoms with E-state index in [1.54, 1.807) is 36.9 Å². The van der Waals surface area contributed by atoms with Gasteiger partial charge in [-0.2, -0.15) is 5.10 Å². The van der Waals surface area contributed by atoms with Crippen LogP contribution in [0.2, 0.25) is 0 Å². The van der Waals surface area contributed by atoms with E-state index >= 15 is 0 Å². The van der Waals surface area contributed by atoms with Gasteiger partial charge in [0, 0.05) is 38.0 Å². The SMILES string of the molecule is CN(C)C(=O)c1ccc(CNC(=O)c2cnn3c(-c4ccccc4)ccnc23)cc1. The monoisotopic (exact) mass is 399 g/mol. The fourth-order valence-corrected chi connectivity index (χ4v) is 3.18. The van der Waals surface area contributed by atoms with Crippen molar-refractivity contribution in [3.63, 3.8) is 0 Å². The van der Waals surface area contributed by atoms with E-state index in [9.17, 15) is 9.59 Å². The number of carbonyl (C=O) groups is 2. The maximum Gasteiger partial charge on any atom is 0.257 e. The van der Waals surface area contributed by atoms with Crippen LogP contribution in [0.5, 0.6) is 0 Å². The Labute approximate surface area is 174 Å². The van der Waals surface area contributed by atoms with Crippen molar-refractivity contribution < 1.29 is 9.59 Å². The van der Waals surface area contributed by atoms with Crippen LogP contribution in [0.15, 0.2) is 73.1 Å². The lowest BCUT2D eigenvalue weighted by Crippen LogP contribution is -2.23. The van der Waals surface area contributed by atoms with Gasteiger partial charge in [-0.05, 0) is 23.8 Å². The Morgan fingerprint density at radius 1 is 1.00 bits per heavy atom. The number of nitrogens with one attached hydrogen (secondary N) is 1. The van der Waals surface area contributed by atoms with Crippen LogP contribution in [0.3, 0.4) is 0 Å². The lowest BCUT2D eigenvalue weighted by molar-refractivity contribution is 0.0827. The van der Waals surface area contributed by atoms with E-state index in [4.69, 9.17) is 0 Å². The second-order valence-corrected chi connectivity index (χ2v) is 7.07. The van der Waals surface area contributed by atoms with Crippen LogP contribution in [0.25, 0.3) is 16.9 Å². The van der Waals surface area contributed by atoms with E-state index in [0.29, 0.717) is 23.3 Å². The molecule has 0 aliphatic carbocycles. The zero-order valence-corrected chi connectivity index (χ0v) is 16.7. The summed E-state index contributed by atoms with van der Waals surface area (Å²) in [6.45, 7) is 0.338. The Balaban J connectivity index is 1.51. The number of hydrogen-bond donors (Lipinski definition) is 1. The second kappa shape index (κ2) is 8.16. The highest BCUT2D eigenvalue weighted by Gasteiger charge is 2.16. The molecule has 0 fully saturated rings. The van der Waals surface area contributed by atoms with Crippen LogP contribution in [-0.2, 0) is 6.54 Å². The number of aromatic nitrogens is 3. The van der Waals surface area contributed by atoms with E-state index in [-0.39, 0.29) is 11.8 Å². The minimum absolute atomic E-state index is 0.0581. The summed E-state index contributed by atoms with van der Waals surface area (Å²) in [5, 5.41) is 7.27. The third-order valence-corrected chi connectivity index (χ3v) is 4.78. The van der Waals surface area contributed by atoms with Crippen molar-refractivity contribution in [2.45, 2.75) is 6.54 Å². The molecule has 2 amide bonds. The average Bonchev–Trinajstić information content (AvgIpc) is 3.22. The van der Waals surface area contributed by atoms with E-state index in [0.717, 1.165) is 16.8 Å². The summed E-state index contributed by atoms with van der Waals surface area (Å²) in [6, 6.07) is 18.9. The van der Waals surface area contributed by atoms with E-state index in [1.165, 1.54) is 11.1 Å². The van der Waals surface area contributed by atoms with Crippen molar-refractivity contribution in [1.29, 1.82) is 0 Å². The molecule has 2 aromatic heterocycles. The number of hydrogen-bond acceptors (Lipinski definition) is 4. The molecule has 0 atom stereocenters. The van der Waals surface area contributed by atoms with Crippen LogP contribution in [0, 0.1) is 0 Å². The fourth-order valence-electron chi connectivity index (χ4n) is 3.18. The summed E-state index contributed by atoms with van der Waals surface area (Å²) in [6.07, 6.45) is 3.21. The van der Waals surface area contributed by atoms with E-state index in [2.05, 4.69) is 15.4 Å². The van der Waals surface area contributed by atoms with Gasteiger partial charge in [-0.3, -0.25) is 9.59 Å². The normalized spacial score (nSPS) is 10.7. The molecule has 4 rings (SSSR count). The van der Waals surface area contributed by atoms with E-state index in [1.807, 2.05) is 48.5 Å². The van der Waals surface area contributed by atoms with Crippen molar-refractivity contribution in [2.24, 2.45) is 0 Å². The van der Waals surface area contributed by atoms with Crippen molar-refractivity contribution >= 4 is 17.5 Å². The molecule has 0 bridgehead atoms. The summed E-state index contributed by atoms with van der Waals surface area (Å²) in [7, 11) is 3.42. The molecule has 0 saturated carbocycles. The Bertz CT molecular complexity index is 1200. The summed E-state index contributed by atoms with van der Waals surface area (Å²) >= 11 is 0. The number of rotatable bonds is 5. The van der Waals surface area contributed by atoms with Gasteiger partial charge in [0.2, 0.25) is 0 Å². The molecule has 7 nitrogen and oxygen atoms in total. The summed E-state index contributed by atoms with van der Waals surface area (Å²) < 4.78 is 1.67. The standard InChI is InChI=1S/C23H21N5O2/c1-27(2)23(30)18-10-8-16(9-11-18)14-25-22(29)19-15-26-28-20(12-13-24-21(19)28)17-6-4-3-5-7-17/h3-13,15H,14H2,1-2H3,(H,25,29). The van der Waals surface area contributed by atoms with Crippen LogP contribution in [-0.4, -0.2) is 45.4 Å². The zero-order chi connectivity index (χ0) is 21.1. The molecule has 7 heteroatoms. The molecular weight excluding hydrogens is 378 g/mol. The first-order chi connectivity index (χ1) is 14.5. The number of fused-ring (bicyclic) bond motifs is 1. The van der Waals surface area contributed by atoms with Gasteiger partial charge in [-0.15, -0.1) is 0 Å². The minimum atomic E-state index is -0.254. The first-order valence-electron chi connectivity index (χ1n) is 9.51. The predicted octanol–water partition coefficient (Wildman–Crippen LogP) is 3.03. The van der Waals surface area contributed by atoms with Crippen LogP contribution in [0.4, 0.5) is 0 Å². The summed E-state index contributed by atoms with van der Waals surface area (Å²) in [5.41, 5.74) is 4.27. The number of carbonyl (C=O) groups excluding carboxylic acids is 2. The van der Waals surface area contributed by atoms with Crippen molar-refractivity contribution in [2.75, 3.05) is 14.1 Å². The molecule has 2 heterocycles. The summed E-state index contributed by atoms with van der Waals surface area (Å²) in [4.78, 5) is 30.6. The third kappa shape index (κ3) is 3.77. The smallest absolute Gasteiger partial charge is 0.257 e. The van der Waals surface area contributed by atoms with Gasteiger partial charge in [-0.1, -0.05) is 42.5 Å². The lowest BCUT2D eigenvalue weighted by Gasteiger charge is -2.10. The number of benzene rings is 2. The van der Waals surface area contributed by atoms with Gasteiger partial charge in [0.05, 0.1) is 11.9 Å². The van der Waals surface area contributed by atoms with Crippen molar-refractivity contribution in [3.05, 3.63) is 89.7 Å². The van der Waals surface area contributed by atoms with Gasteiger partial charge in [-0.25, -0.2) is 9.50 Å². The maximum atomic E-state index is 12.7. The van der Waals surface area contributed by atoms with Crippen LogP contribution in [0.1, 0.15) is 26.3 Å². The highest BCUT2D eigenvalue weighted by atomic mass is 16.2. The molecule has 1 N–H and O–H groups in total. The molecule has 0 radical (unpaired) electrons. The highest BCUT2D eigenvalue weighted by Crippen LogP contribution is 2.20. The highest BCUT2D eigenvalue weighted by molar-refractivity contribution is 6.00. The van der Waals surface area contributed by atoms with Gasteiger partial charge in [0.25, 0.3) is 11.8 Å². The van der Waals surface area contributed by atoms with E-state index < -0.39 is 0 Å². The van der Waals surface area contributed by atoms with Crippen LogP contribution < -0.4 is 5.32 Å². The Morgan fingerprint density at radius 2 is 1.73 bits per heavy atom. The second-order valence-electron chi connectivity index (χ2n) is 7.07. The number of amides is 2. The number of nitrogens with zero attached hydrogens (tertiary/aromatic N) is 4. The predicted molar refractivity (Wildman–Crippen MR) is 114 cm³/mol. The first kappa shape index (κ1) is 19.3. The quantitative estimate of drug-likeness (QED) is 0.559. The maximum absolute atomic E-state index is 12.7. The molecule has 0 aliphatic rings. The molecule has 0 aliphatic heterocycles. The molecule has 0 saturated heterocycles. The summed E-state index contributed by atoms with van der Waals surface area (Å²) in [5.74, 6) is -0.312. The van der Waals surface area contributed by atoms with Crippen molar-refractivity contribution in [1.82, 2.24) is 24.8 Å². The van der Waals surface area contributed by atoms with Gasteiger partial charge in [0.1, 0.15) is 5.56 Å². The fraction of sp³-hybridized carbons (Fsp3) is 0.130. The molecular formula is C23H21N5O2. The van der Waals surface area contributed by atoms with Gasteiger partial charge >= 0.3 is 0 Å². The van der Waals surface area contributed by atoms with Gasteiger partial charge < -0.3 is 10.2 Å². The first-order valence-corrected chi connectivity index (χ1v) is 9.51. The van der Waals surface area contributed by atoms with Crippen molar-refractivity contribution in [3.8, 4) is 11.3 Å². The molecule has 0 unspecified atom stereocenters. The third-order valence-electron chi connectivity index (χ3n) is 4.78. The zero-order valence-electron chi connectivity index (χ0n) is 16.7. The topological polar surface area (TPSA) is 79.6 Å². The Kier molecular flexibility index (Phi) is 5.26. The average molecular weight is 399 g/mol. The Hall–Kier alpha value is -4.00. The molecule has 150 valence electrons. The lowest BCUT2D eigenvalue weighted by atomic mass is 10.1. The van der Waals surface area contributed by atoms with Crippen LogP contribution >= 0.6 is 0 Å². The van der Waals surface area contributed by atoms with Gasteiger partial charge in [0.15, 0.2) is 5.65 Å². The molecule has 0 spiro atoms. The minimum Gasteiger partial charge on any atom is -0.348 e. The molecule has 4 aromatic rings. The largest absolute Gasteiger partial charge is 0.348 e. The molecule has 30 heavy (non-hydrogen) atoms. The Morgan fingerprint density at radius 3 is 2.43 bits per heavy atom.